The monoisotopic (exact) mass is 405 g/mol. The van der Waals surface area contributed by atoms with Crippen LogP contribution in [0.4, 0.5) is 0 Å². The molecule has 0 aliphatic carbocycles. The average molecular weight is 405 g/mol. The number of fused-ring (bicyclic) bond motifs is 1. The van der Waals surface area contributed by atoms with Crippen LogP contribution in [0, 0.1) is 13.8 Å². The van der Waals surface area contributed by atoms with Crippen molar-refractivity contribution in [3.8, 4) is 17.0 Å². The number of carbonyl (C=O) groups excluding carboxylic acids is 1. The van der Waals surface area contributed by atoms with E-state index < -0.39 is 0 Å². The molecular weight excluding hydrogens is 378 g/mol. The highest BCUT2D eigenvalue weighted by Gasteiger charge is 2.42. The van der Waals surface area contributed by atoms with E-state index in [1.54, 1.807) is 4.90 Å². The van der Waals surface area contributed by atoms with Gasteiger partial charge >= 0.3 is 0 Å². The number of hydrogen-bond donors (Lipinski definition) is 3. The Morgan fingerprint density at radius 2 is 1.90 bits per heavy atom. The van der Waals surface area contributed by atoms with Crippen LogP contribution in [0.15, 0.2) is 36.4 Å². The molecule has 6 heteroatoms. The maximum absolute atomic E-state index is 13.2. The van der Waals surface area contributed by atoms with Gasteiger partial charge in [0.1, 0.15) is 17.1 Å². The molecule has 1 aliphatic heterocycles. The first-order chi connectivity index (χ1) is 14.5. The second kappa shape index (κ2) is 7.95. The van der Waals surface area contributed by atoms with Crippen molar-refractivity contribution in [1.82, 2.24) is 15.1 Å². The molecule has 1 atom stereocenters. The fraction of sp³-hybridized carbons (Fsp3) is 0.333. The Labute approximate surface area is 176 Å². The number of phenolic OH excluding ortho intramolecular Hbond substituents is 1. The second-order valence-electron chi connectivity index (χ2n) is 7.91. The number of aryl methyl sites for hydroxylation is 3. The van der Waals surface area contributed by atoms with Crippen LogP contribution < -0.4 is 0 Å². The summed E-state index contributed by atoms with van der Waals surface area (Å²) in [5, 5.41) is 27.4. The topological polar surface area (TPSA) is 89.5 Å². The normalized spacial score (nSPS) is 15.7. The van der Waals surface area contributed by atoms with E-state index in [9.17, 15) is 15.0 Å². The van der Waals surface area contributed by atoms with E-state index in [1.165, 1.54) is 5.56 Å². The van der Waals surface area contributed by atoms with E-state index in [4.69, 9.17) is 0 Å². The number of aromatic amines is 1. The smallest absolute Gasteiger partial charge is 0.273 e. The Bertz CT molecular complexity index is 1090. The first-order valence-electron chi connectivity index (χ1n) is 10.4. The van der Waals surface area contributed by atoms with E-state index in [1.807, 2.05) is 26.0 Å². The second-order valence-corrected chi connectivity index (χ2v) is 7.91. The van der Waals surface area contributed by atoms with Crippen LogP contribution in [-0.4, -0.2) is 44.4 Å². The lowest BCUT2D eigenvalue weighted by Crippen LogP contribution is -2.31. The van der Waals surface area contributed by atoms with Crippen molar-refractivity contribution in [2.24, 2.45) is 0 Å². The van der Waals surface area contributed by atoms with Gasteiger partial charge in [-0.15, -0.1) is 0 Å². The molecule has 0 spiro atoms. The molecule has 4 rings (SSSR count). The van der Waals surface area contributed by atoms with Crippen molar-refractivity contribution >= 4 is 5.91 Å². The summed E-state index contributed by atoms with van der Waals surface area (Å²) in [5.74, 6) is 0.0434. The van der Waals surface area contributed by atoms with E-state index in [-0.39, 0.29) is 24.3 Å². The van der Waals surface area contributed by atoms with E-state index in [0.717, 1.165) is 28.7 Å². The molecule has 1 aliphatic rings. The fourth-order valence-corrected chi connectivity index (χ4v) is 4.30. The molecule has 3 N–H and O–H groups in total. The number of aliphatic hydroxyl groups is 1. The first kappa shape index (κ1) is 20.2. The number of H-pyrrole nitrogens is 1. The zero-order chi connectivity index (χ0) is 21.4. The standard InChI is InChI=1S/C24H27N3O3/c1-4-16-6-8-17(9-7-16)22-19-20(18-13-14(2)12-15(3)23(18)29)25-26-21(19)24(30)27(22)10-5-11-28/h6-9,12-13,22,28-29H,4-5,10-11H2,1-3H3,(H,25,26). The number of aromatic hydroxyl groups is 1. The van der Waals surface area contributed by atoms with Crippen molar-refractivity contribution in [2.45, 2.75) is 39.7 Å². The minimum atomic E-state index is -0.320. The molecule has 1 aromatic heterocycles. The Morgan fingerprint density at radius 3 is 2.57 bits per heavy atom. The van der Waals surface area contributed by atoms with Crippen LogP contribution in [0.25, 0.3) is 11.3 Å². The van der Waals surface area contributed by atoms with Gasteiger partial charge in [0.15, 0.2) is 0 Å². The molecule has 3 aromatic rings. The Kier molecular flexibility index (Phi) is 5.35. The largest absolute Gasteiger partial charge is 0.507 e. The molecule has 1 unspecified atom stereocenters. The molecule has 0 saturated carbocycles. The van der Waals surface area contributed by atoms with E-state index >= 15 is 0 Å². The zero-order valence-electron chi connectivity index (χ0n) is 17.6. The minimum absolute atomic E-state index is 0.0160. The van der Waals surface area contributed by atoms with Crippen LogP contribution in [-0.2, 0) is 6.42 Å². The molecule has 156 valence electrons. The number of aromatic nitrogens is 2. The number of carbonyl (C=O) groups is 1. The minimum Gasteiger partial charge on any atom is -0.507 e. The Morgan fingerprint density at radius 1 is 1.17 bits per heavy atom. The maximum atomic E-state index is 13.2. The molecule has 0 saturated heterocycles. The first-order valence-corrected chi connectivity index (χ1v) is 10.4. The van der Waals surface area contributed by atoms with Gasteiger partial charge in [-0.2, -0.15) is 5.10 Å². The highest BCUT2D eigenvalue weighted by molar-refractivity contribution is 6.00. The van der Waals surface area contributed by atoms with Crippen LogP contribution in [0.2, 0.25) is 0 Å². The van der Waals surface area contributed by atoms with Crippen LogP contribution >= 0.6 is 0 Å². The van der Waals surface area contributed by atoms with Gasteiger partial charge in [-0.25, -0.2) is 0 Å². The molecule has 30 heavy (non-hydrogen) atoms. The molecule has 0 bridgehead atoms. The summed E-state index contributed by atoms with van der Waals surface area (Å²) in [7, 11) is 0. The summed E-state index contributed by atoms with van der Waals surface area (Å²) < 4.78 is 0. The van der Waals surface area contributed by atoms with Crippen LogP contribution in [0.1, 0.15) is 57.7 Å². The quantitative estimate of drug-likeness (QED) is 0.580. The lowest BCUT2D eigenvalue weighted by atomic mass is 9.93. The predicted octanol–water partition coefficient (Wildman–Crippen LogP) is 3.89. The van der Waals surface area contributed by atoms with Gasteiger partial charge in [0.05, 0.1) is 6.04 Å². The number of benzene rings is 2. The number of nitrogens with one attached hydrogen (secondary N) is 1. The summed E-state index contributed by atoms with van der Waals surface area (Å²) >= 11 is 0. The zero-order valence-corrected chi connectivity index (χ0v) is 17.6. The van der Waals surface area contributed by atoms with Gasteiger partial charge in [-0.3, -0.25) is 9.89 Å². The van der Waals surface area contributed by atoms with Gasteiger partial charge in [0.25, 0.3) is 5.91 Å². The summed E-state index contributed by atoms with van der Waals surface area (Å²) in [6.45, 7) is 6.40. The lowest BCUT2D eigenvalue weighted by molar-refractivity contribution is 0.0732. The summed E-state index contributed by atoms with van der Waals surface area (Å²) in [6, 6.07) is 11.8. The Hall–Kier alpha value is -3.12. The summed E-state index contributed by atoms with van der Waals surface area (Å²) in [4.78, 5) is 15.0. The Balaban J connectivity index is 1.89. The number of hydrogen-bond acceptors (Lipinski definition) is 4. The number of aliphatic hydroxyl groups excluding tert-OH is 1. The van der Waals surface area contributed by atoms with Gasteiger partial charge in [-0.05, 0) is 55.0 Å². The molecule has 6 nitrogen and oxygen atoms in total. The van der Waals surface area contributed by atoms with Crippen molar-refractivity contribution in [2.75, 3.05) is 13.2 Å². The van der Waals surface area contributed by atoms with Gasteiger partial charge < -0.3 is 15.1 Å². The molecule has 0 fully saturated rings. The van der Waals surface area contributed by atoms with E-state index in [0.29, 0.717) is 29.9 Å². The molecule has 2 heterocycles. The number of rotatable bonds is 6. The summed E-state index contributed by atoms with van der Waals surface area (Å²) in [5.41, 5.74) is 6.45. The third-order valence-corrected chi connectivity index (χ3v) is 5.82. The van der Waals surface area contributed by atoms with Gasteiger partial charge in [-0.1, -0.05) is 37.3 Å². The van der Waals surface area contributed by atoms with Crippen molar-refractivity contribution in [1.29, 1.82) is 0 Å². The highest BCUT2D eigenvalue weighted by Crippen LogP contribution is 2.45. The fourth-order valence-electron chi connectivity index (χ4n) is 4.30. The third kappa shape index (κ3) is 3.27. The number of amides is 1. The molecule has 2 aromatic carbocycles. The summed E-state index contributed by atoms with van der Waals surface area (Å²) in [6.07, 6.45) is 1.44. The van der Waals surface area contributed by atoms with Crippen LogP contribution in [0.3, 0.4) is 0 Å². The predicted molar refractivity (Wildman–Crippen MR) is 116 cm³/mol. The molecule has 1 amide bonds. The highest BCUT2D eigenvalue weighted by atomic mass is 16.3. The van der Waals surface area contributed by atoms with E-state index in [2.05, 4.69) is 41.4 Å². The number of phenols is 1. The molecule has 0 radical (unpaired) electrons. The molecular formula is C24H27N3O3. The van der Waals surface area contributed by atoms with Crippen molar-refractivity contribution in [3.63, 3.8) is 0 Å². The number of nitrogens with zero attached hydrogens (tertiary/aromatic N) is 2. The van der Waals surface area contributed by atoms with Gasteiger partial charge in [0.2, 0.25) is 0 Å². The van der Waals surface area contributed by atoms with Crippen molar-refractivity contribution in [3.05, 3.63) is 69.9 Å². The average Bonchev–Trinajstić information content (AvgIpc) is 3.28. The third-order valence-electron chi connectivity index (χ3n) is 5.82. The van der Waals surface area contributed by atoms with Crippen molar-refractivity contribution < 1.29 is 15.0 Å². The van der Waals surface area contributed by atoms with Crippen LogP contribution in [0.5, 0.6) is 5.75 Å². The maximum Gasteiger partial charge on any atom is 0.273 e. The SMILES string of the molecule is CCc1ccc(C2c3c(-c4cc(C)cc(C)c4O)n[nH]c3C(=O)N2CCCO)cc1. The van der Waals surface area contributed by atoms with Gasteiger partial charge in [0, 0.05) is 24.3 Å². The lowest BCUT2D eigenvalue weighted by Gasteiger charge is -2.26.